The Bertz CT molecular complexity index is 476. The van der Waals surface area contributed by atoms with E-state index < -0.39 is 17.8 Å². The number of anilines is 1. The third-order valence-electron chi connectivity index (χ3n) is 1.83. The van der Waals surface area contributed by atoms with Crippen LogP contribution in [-0.2, 0) is 9.47 Å². The van der Waals surface area contributed by atoms with Crippen LogP contribution >= 0.6 is 0 Å². The second-order valence-corrected chi connectivity index (χ2v) is 4.75. The van der Waals surface area contributed by atoms with Gasteiger partial charge in [-0.2, -0.15) is 0 Å². The molecule has 0 atom stereocenters. The molecule has 0 unspecified atom stereocenters. The van der Waals surface area contributed by atoms with Gasteiger partial charge in [-0.15, -0.1) is 10.2 Å². The lowest BCUT2D eigenvalue weighted by atomic mass is 10.2. The van der Waals surface area contributed by atoms with Crippen molar-refractivity contribution in [2.45, 2.75) is 40.2 Å². The second-order valence-electron chi connectivity index (χ2n) is 4.75. The lowest BCUT2D eigenvalue weighted by molar-refractivity contribution is 0.0634. The zero-order chi connectivity index (χ0) is 14.6. The number of carbonyl (C=O) groups excluding carboxylic acids is 2. The number of aromatic nitrogens is 3. The van der Waals surface area contributed by atoms with Crippen LogP contribution in [0, 0.1) is 6.92 Å². The van der Waals surface area contributed by atoms with E-state index in [1.165, 1.54) is 0 Å². The molecule has 19 heavy (non-hydrogen) atoms. The summed E-state index contributed by atoms with van der Waals surface area (Å²) in [6, 6.07) is 0. The van der Waals surface area contributed by atoms with Gasteiger partial charge < -0.3 is 9.47 Å². The summed E-state index contributed by atoms with van der Waals surface area (Å²) in [6.45, 7) is 8.73. The van der Waals surface area contributed by atoms with Crippen LogP contribution in [0.3, 0.4) is 0 Å². The summed E-state index contributed by atoms with van der Waals surface area (Å²) < 4.78 is 9.81. The molecule has 0 saturated carbocycles. The molecule has 1 heterocycles. The van der Waals surface area contributed by atoms with Gasteiger partial charge in [0.05, 0.1) is 6.61 Å². The van der Waals surface area contributed by atoms with E-state index in [1.54, 1.807) is 34.6 Å². The molecule has 1 amide bonds. The standard InChI is InChI=1S/C11H18N4O4/c1-6-18-10(17)15-13-7(2)8(14-15)12-9(16)19-11(3,4)5/h6H2,1-5H3,(H,12,14,16). The molecule has 0 aromatic carbocycles. The van der Waals surface area contributed by atoms with Crippen LogP contribution in [0.15, 0.2) is 0 Å². The number of rotatable bonds is 2. The molecule has 0 aliphatic carbocycles. The topological polar surface area (TPSA) is 95.3 Å². The highest BCUT2D eigenvalue weighted by Gasteiger charge is 2.20. The summed E-state index contributed by atoms with van der Waals surface area (Å²) in [5.41, 5.74) is -0.228. The molecule has 1 aromatic rings. The molecular weight excluding hydrogens is 252 g/mol. The van der Waals surface area contributed by atoms with E-state index in [9.17, 15) is 9.59 Å². The molecule has 0 saturated heterocycles. The Hall–Kier alpha value is -2.12. The first-order chi connectivity index (χ1) is 8.73. The van der Waals surface area contributed by atoms with Gasteiger partial charge in [-0.05, 0) is 34.6 Å². The molecule has 0 aliphatic heterocycles. The van der Waals surface area contributed by atoms with Crippen molar-refractivity contribution in [1.29, 1.82) is 0 Å². The maximum absolute atomic E-state index is 11.6. The maximum Gasteiger partial charge on any atom is 0.452 e. The Morgan fingerprint density at radius 1 is 1.32 bits per heavy atom. The minimum atomic E-state index is -0.706. The Morgan fingerprint density at radius 2 is 1.95 bits per heavy atom. The van der Waals surface area contributed by atoms with Crippen LogP contribution in [-0.4, -0.2) is 39.4 Å². The summed E-state index contributed by atoms with van der Waals surface area (Å²) in [5, 5.41) is 10.1. The molecule has 0 bridgehead atoms. The quantitative estimate of drug-likeness (QED) is 0.882. The number of hydrogen-bond donors (Lipinski definition) is 1. The first-order valence-electron chi connectivity index (χ1n) is 5.84. The van der Waals surface area contributed by atoms with Crippen LogP contribution in [0.4, 0.5) is 15.4 Å². The summed E-state index contributed by atoms with van der Waals surface area (Å²) >= 11 is 0. The smallest absolute Gasteiger partial charge is 0.447 e. The van der Waals surface area contributed by atoms with Gasteiger partial charge in [-0.25, -0.2) is 9.59 Å². The summed E-state index contributed by atoms with van der Waals surface area (Å²) in [6.07, 6.45) is -1.37. The van der Waals surface area contributed by atoms with E-state index in [1.807, 2.05) is 0 Å². The fourth-order valence-electron chi connectivity index (χ4n) is 1.16. The largest absolute Gasteiger partial charge is 0.452 e. The summed E-state index contributed by atoms with van der Waals surface area (Å²) in [4.78, 5) is 23.7. The predicted octanol–water partition coefficient (Wildman–Crippen LogP) is 1.94. The number of amides is 1. The van der Waals surface area contributed by atoms with Crippen molar-refractivity contribution in [3.63, 3.8) is 0 Å². The number of hydrogen-bond acceptors (Lipinski definition) is 6. The fraction of sp³-hybridized carbons (Fsp3) is 0.636. The van der Waals surface area contributed by atoms with Crippen LogP contribution in [0.1, 0.15) is 33.4 Å². The highest BCUT2D eigenvalue weighted by molar-refractivity contribution is 5.84. The molecule has 8 nitrogen and oxygen atoms in total. The Labute approximate surface area is 111 Å². The van der Waals surface area contributed by atoms with Crippen molar-refractivity contribution in [2.75, 3.05) is 11.9 Å². The first-order valence-corrected chi connectivity index (χ1v) is 5.84. The van der Waals surface area contributed by atoms with Gasteiger partial charge in [0.25, 0.3) is 0 Å². The van der Waals surface area contributed by atoms with Crippen molar-refractivity contribution >= 4 is 18.0 Å². The van der Waals surface area contributed by atoms with E-state index in [2.05, 4.69) is 15.5 Å². The molecule has 1 rings (SSSR count). The van der Waals surface area contributed by atoms with Gasteiger partial charge in [0.15, 0.2) is 5.82 Å². The maximum atomic E-state index is 11.6. The SMILES string of the molecule is CCOC(=O)n1nc(C)c(NC(=O)OC(C)(C)C)n1. The van der Waals surface area contributed by atoms with Gasteiger partial charge in [-0.1, -0.05) is 4.80 Å². The third kappa shape index (κ3) is 4.57. The van der Waals surface area contributed by atoms with Crippen molar-refractivity contribution in [1.82, 2.24) is 15.0 Å². The lowest BCUT2D eigenvalue weighted by Gasteiger charge is -2.19. The monoisotopic (exact) mass is 270 g/mol. The molecule has 1 aromatic heterocycles. The third-order valence-corrected chi connectivity index (χ3v) is 1.83. The number of ether oxygens (including phenoxy) is 2. The lowest BCUT2D eigenvalue weighted by Crippen LogP contribution is -2.27. The second kappa shape index (κ2) is 5.68. The van der Waals surface area contributed by atoms with Gasteiger partial charge in [0, 0.05) is 0 Å². The fourth-order valence-corrected chi connectivity index (χ4v) is 1.16. The molecule has 0 radical (unpaired) electrons. The first kappa shape index (κ1) is 14.9. The number of nitrogens with one attached hydrogen (secondary N) is 1. The zero-order valence-electron chi connectivity index (χ0n) is 11.7. The number of aryl methyl sites for hydroxylation is 1. The molecular formula is C11H18N4O4. The van der Waals surface area contributed by atoms with E-state index in [4.69, 9.17) is 9.47 Å². The minimum absolute atomic E-state index is 0.155. The van der Waals surface area contributed by atoms with E-state index in [0.717, 1.165) is 4.80 Å². The Kier molecular flexibility index (Phi) is 4.47. The van der Waals surface area contributed by atoms with Crippen molar-refractivity contribution in [3.8, 4) is 0 Å². The summed E-state index contributed by atoms with van der Waals surface area (Å²) in [5.74, 6) is 0.155. The molecule has 0 fully saturated rings. The van der Waals surface area contributed by atoms with Gasteiger partial charge in [0.1, 0.15) is 11.3 Å². The van der Waals surface area contributed by atoms with Crippen molar-refractivity contribution in [2.24, 2.45) is 0 Å². The Balaban J connectivity index is 2.75. The zero-order valence-corrected chi connectivity index (χ0v) is 11.7. The van der Waals surface area contributed by atoms with E-state index >= 15 is 0 Å². The minimum Gasteiger partial charge on any atom is -0.447 e. The van der Waals surface area contributed by atoms with Crippen molar-refractivity contribution < 1.29 is 19.1 Å². The molecule has 0 aliphatic rings. The molecule has 0 spiro atoms. The summed E-state index contributed by atoms with van der Waals surface area (Å²) in [7, 11) is 0. The highest BCUT2D eigenvalue weighted by Crippen LogP contribution is 2.12. The van der Waals surface area contributed by atoms with Gasteiger partial charge in [0.2, 0.25) is 0 Å². The van der Waals surface area contributed by atoms with Crippen LogP contribution in [0.5, 0.6) is 0 Å². The molecule has 8 heteroatoms. The van der Waals surface area contributed by atoms with E-state index in [0.29, 0.717) is 5.69 Å². The molecule has 1 N–H and O–H groups in total. The number of carbonyl (C=O) groups is 2. The highest BCUT2D eigenvalue weighted by atomic mass is 16.6. The average Bonchev–Trinajstić information content (AvgIpc) is 2.58. The normalized spacial score (nSPS) is 11.0. The van der Waals surface area contributed by atoms with Crippen molar-refractivity contribution in [3.05, 3.63) is 5.69 Å². The van der Waals surface area contributed by atoms with Crippen LogP contribution in [0.25, 0.3) is 0 Å². The average molecular weight is 270 g/mol. The van der Waals surface area contributed by atoms with Gasteiger partial charge in [-0.3, -0.25) is 5.32 Å². The number of nitrogens with zero attached hydrogens (tertiary/aromatic N) is 3. The van der Waals surface area contributed by atoms with Gasteiger partial charge >= 0.3 is 12.2 Å². The van der Waals surface area contributed by atoms with Crippen LogP contribution < -0.4 is 5.32 Å². The molecule has 106 valence electrons. The predicted molar refractivity (Wildman–Crippen MR) is 67.0 cm³/mol. The Morgan fingerprint density at radius 3 is 2.47 bits per heavy atom. The van der Waals surface area contributed by atoms with E-state index in [-0.39, 0.29) is 12.4 Å². The van der Waals surface area contributed by atoms with Crippen LogP contribution in [0.2, 0.25) is 0 Å².